The lowest BCUT2D eigenvalue weighted by atomic mass is 9.96. The summed E-state index contributed by atoms with van der Waals surface area (Å²) >= 11 is 0. The van der Waals surface area contributed by atoms with Gasteiger partial charge in [-0.1, -0.05) is 18.2 Å². The Balaban J connectivity index is 0.00000180. The van der Waals surface area contributed by atoms with Crippen molar-refractivity contribution in [2.45, 2.75) is 26.7 Å². The van der Waals surface area contributed by atoms with Crippen LogP contribution in [0, 0.1) is 19.8 Å². The second kappa shape index (κ2) is 6.92. The van der Waals surface area contributed by atoms with Gasteiger partial charge in [0.25, 0.3) is 5.91 Å². The smallest absolute Gasteiger partial charge is 0.254 e. The SMILES string of the molecule is Cc1cccc(C)c1C(=O)N1CCCC(CN)C1.Cl. The molecule has 0 radical (unpaired) electrons. The summed E-state index contributed by atoms with van der Waals surface area (Å²) in [6.07, 6.45) is 2.21. The number of aryl methyl sites for hydroxylation is 2. The Hall–Kier alpha value is -1.06. The van der Waals surface area contributed by atoms with E-state index in [1.165, 1.54) is 0 Å². The van der Waals surface area contributed by atoms with Crippen LogP contribution < -0.4 is 5.73 Å². The number of carbonyl (C=O) groups excluding carboxylic acids is 1. The van der Waals surface area contributed by atoms with Crippen LogP contribution in [-0.2, 0) is 0 Å². The molecule has 4 heteroatoms. The number of hydrogen-bond acceptors (Lipinski definition) is 2. The molecule has 1 aromatic rings. The first kappa shape index (κ1) is 16.0. The molecule has 106 valence electrons. The summed E-state index contributed by atoms with van der Waals surface area (Å²) < 4.78 is 0. The topological polar surface area (TPSA) is 46.3 Å². The molecule has 0 bridgehead atoms. The van der Waals surface area contributed by atoms with Crippen molar-refractivity contribution < 1.29 is 4.79 Å². The molecule has 0 aliphatic carbocycles. The molecule has 2 N–H and O–H groups in total. The number of likely N-dealkylation sites (tertiary alicyclic amines) is 1. The number of amides is 1. The molecule has 1 amide bonds. The third-order valence-electron chi connectivity index (χ3n) is 3.83. The van der Waals surface area contributed by atoms with E-state index in [0.717, 1.165) is 42.6 Å². The number of nitrogens with two attached hydrogens (primary N) is 1. The Morgan fingerprint density at radius 2 is 2.00 bits per heavy atom. The van der Waals surface area contributed by atoms with Crippen LogP contribution in [0.25, 0.3) is 0 Å². The average molecular weight is 283 g/mol. The van der Waals surface area contributed by atoms with Gasteiger partial charge in [-0.05, 0) is 50.3 Å². The lowest BCUT2D eigenvalue weighted by molar-refractivity contribution is 0.0676. The van der Waals surface area contributed by atoms with E-state index in [1.54, 1.807) is 0 Å². The Morgan fingerprint density at radius 1 is 1.37 bits per heavy atom. The van der Waals surface area contributed by atoms with E-state index in [0.29, 0.717) is 12.5 Å². The zero-order chi connectivity index (χ0) is 13.1. The van der Waals surface area contributed by atoms with E-state index in [4.69, 9.17) is 5.73 Å². The van der Waals surface area contributed by atoms with E-state index in [1.807, 2.05) is 36.9 Å². The molecule has 1 unspecified atom stereocenters. The molecule has 0 spiro atoms. The third-order valence-corrected chi connectivity index (χ3v) is 3.83. The van der Waals surface area contributed by atoms with Crippen molar-refractivity contribution >= 4 is 18.3 Å². The van der Waals surface area contributed by atoms with Gasteiger partial charge in [0.2, 0.25) is 0 Å². The summed E-state index contributed by atoms with van der Waals surface area (Å²) in [6.45, 7) is 6.36. The zero-order valence-corrected chi connectivity index (χ0v) is 12.5. The number of carbonyl (C=O) groups is 1. The number of halogens is 1. The fourth-order valence-electron chi connectivity index (χ4n) is 2.75. The van der Waals surface area contributed by atoms with Crippen molar-refractivity contribution in [2.24, 2.45) is 11.7 Å². The highest BCUT2D eigenvalue weighted by atomic mass is 35.5. The van der Waals surface area contributed by atoms with Crippen LogP contribution in [-0.4, -0.2) is 30.4 Å². The normalized spacial score (nSPS) is 18.9. The monoisotopic (exact) mass is 282 g/mol. The minimum absolute atomic E-state index is 0. The van der Waals surface area contributed by atoms with Crippen LogP contribution in [0.15, 0.2) is 18.2 Å². The predicted octanol–water partition coefficient (Wildman–Crippen LogP) is 2.54. The quantitative estimate of drug-likeness (QED) is 0.906. The van der Waals surface area contributed by atoms with Gasteiger partial charge in [0.1, 0.15) is 0 Å². The first-order valence-corrected chi connectivity index (χ1v) is 6.69. The van der Waals surface area contributed by atoms with Crippen LogP contribution in [0.2, 0.25) is 0 Å². The minimum Gasteiger partial charge on any atom is -0.338 e. The van der Waals surface area contributed by atoms with Crippen LogP contribution in [0.3, 0.4) is 0 Å². The molecule has 1 saturated heterocycles. The summed E-state index contributed by atoms with van der Waals surface area (Å²) in [7, 11) is 0. The first-order valence-electron chi connectivity index (χ1n) is 6.69. The molecule has 0 aromatic heterocycles. The van der Waals surface area contributed by atoms with Crippen LogP contribution in [0.1, 0.15) is 34.3 Å². The summed E-state index contributed by atoms with van der Waals surface area (Å²) in [6, 6.07) is 6.01. The second-order valence-corrected chi connectivity index (χ2v) is 5.26. The molecule has 3 nitrogen and oxygen atoms in total. The van der Waals surface area contributed by atoms with Crippen molar-refractivity contribution in [3.63, 3.8) is 0 Å². The Bertz CT molecular complexity index is 428. The highest BCUT2D eigenvalue weighted by molar-refractivity contribution is 5.97. The maximum Gasteiger partial charge on any atom is 0.254 e. The number of rotatable bonds is 2. The van der Waals surface area contributed by atoms with Gasteiger partial charge in [-0.25, -0.2) is 0 Å². The maximum atomic E-state index is 12.6. The number of benzene rings is 1. The summed E-state index contributed by atoms with van der Waals surface area (Å²) in [5, 5.41) is 0. The lowest BCUT2D eigenvalue weighted by Gasteiger charge is -2.32. The van der Waals surface area contributed by atoms with Crippen molar-refractivity contribution in [1.29, 1.82) is 0 Å². The van der Waals surface area contributed by atoms with Gasteiger partial charge >= 0.3 is 0 Å². The number of nitrogens with zero attached hydrogens (tertiary/aromatic N) is 1. The first-order chi connectivity index (χ1) is 8.63. The Morgan fingerprint density at radius 3 is 2.58 bits per heavy atom. The van der Waals surface area contributed by atoms with Crippen LogP contribution in [0.5, 0.6) is 0 Å². The van der Waals surface area contributed by atoms with Crippen LogP contribution in [0.4, 0.5) is 0 Å². The zero-order valence-electron chi connectivity index (χ0n) is 11.7. The maximum absolute atomic E-state index is 12.6. The molecule has 1 aliphatic heterocycles. The van der Waals surface area contributed by atoms with E-state index < -0.39 is 0 Å². The average Bonchev–Trinajstić information content (AvgIpc) is 2.38. The molecule has 2 rings (SSSR count). The molecule has 1 fully saturated rings. The van der Waals surface area contributed by atoms with Gasteiger partial charge < -0.3 is 10.6 Å². The van der Waals surface area contributed by atoms with Gasteiger partial charge in [0, 0.05) is 18.7 Å². The molecule has 1 heterocycles. The van der Waals surface area contributed by atoms with E-state index in [2.05, 4.69) is 0 Å². The lowest BCUT2D eigenvalue weighted by Crippen LogP contribution is -2.42. The highest BCUT2D eigenvalue weighted by Gasteiger charge is 2.25. The van der Waals surface area contributed by atoms with Crippen molar-refractivity contribution in [1.82, 2.24) is 4.90 Å². The third kappa shape index (κ3) is 3.48. The molecule has 1 aromatic carbocycles. The standard InChI is InChI=1S/C15H22N2O.ClH/c1-11-5-3-6-12(2)14(11)15(18)17-8-4-7-13(9-16)10-17;/h3,5-6,13H,4,7-10,16H2,1-2H3;1H. The van der Waals surface area contributed by atoms with Crippen molar-refractivity contribution in [3.05, 3.63) is 34.9 Å². The number of piperidine rings is 1. The largest absolute Gasteiger partial charge is 0.338 e. The summed E-state index contributed by atoms with van der Waals surface area (Å²) in [4.78, 5) is 14.6. The van der Waals surface area contributed by atoms with Gasteiger partial charge in [-0.15, -0.1) is 12.4 Å². The molecular weight excluding hydrogens is 260 g/mol. The summed E-state index contributed by atoms with van der Waals surface area (Å²) in [5.74, 6) is 0.635. The number of hydrogen-bond donors (Lipinski definition) is 1. The predicted molar refractivity (Wildman–Crippen MR) is 80.8 cm³/mol. The minimum atomic E-state index is 0. The van der Waals surface area contributed by atoms with Gasteiger partial charge in [-0.2, -0.15) is 0 Å². The van der Waals surface area contributed by atoms with Crippen LogP contribution >= 0.6 is 12.4 Å². The van der Waals surface area contributed by atoms with E-state index >= 15 is 0 Å². The van der Waals surface area contributed by atoms with Crippen molar-refractivity contribution in [3.8, 4) is 0 Å². The van der Waals surface area contributed by atoms with Gasteiger partial charge in [0.05, 0.1) is 0 Å². The van der Waals surface area contributed by atoms with E-state index in [9.17, 15) is 4.79 Å². The van der Waals surface area contributed by atoms with Crippen molar-refractivity contribution in [2.75, 3.05) is 19.6 Å². The molecule has 1 atom stereocenters. The summed E-state index contributed by atoms with van der Waals surface area (Å²) in [5.41, 5.74) is 8.73. The fraction of sp³-hybridized carbons (Fsp3) is 0.533. The Labute approximate surface area is 121 Å². The molecule has 1 aliphatic rings. The second-order valence-electron chi connectivity index (χ2n) is 5.26. The molecule has 19 heavy (non-hydrogen) atoms. The van der Waals surface area contributed by atoms with E-state index in [-0.39, 0.29) is 18.3 Å². The molecule has 0 saturated carbocycles. The van der Waals surface area contributed by atoms with Gasteiger partial charge in [0.15, 0.2) is 0 Å². The van der Waals surface area contributed by atoms with Gasteiger partial charge in [-0.3, -0.25) is 4.79 Å². The fourth-order valence-corrected chi connectivity index (χ4v) is 2.75. The molecular formula is C15H23ClN2O. The Kier molecular flexibility index (Phi) is 5.83. The highest BCUT2D eigenvalue weighted by Crippen LogP contribution is 2.21.